The van der Waals surface area contributed by atoms with Crippen LogP contribution in [0.15, 0.2) is 30.3 Å². The number of aryl methyl sites for hydroxylation is 2. The van der Waals surface area contributed by atoms with Gasteiger partial charge in [-0.2, -0.15) is 5.10 Å². The third-order valence-electron chi connectivity index (χ3n) is 7.14. The van der Waals surface area contributed by atoms with Gasteiger partial charge in [-0.1, -0.05) is 19.9 Å². The van der Waals surface area contributed by atoms with E-state index in [1.54, 1.807) is 14.2 Å². The molecule has 1 aromatic carbocycles. The highest BCUT2D eigenvalue weighted by atomic mass is 16.5. The highest BCUT2D eigenvalue weighted by molar-refractivity contribution is 5.82. The lowest BCUT2D eigenvalue weighted by Crippen LogP contribution is -2.56. The third kappa shape index (κ3) is 4.11. The molecule has 0 radical (unpaired) electrons. The lowest BCUT2D eigenvalue weighted by molar-refractivity contribution is 0.0449. The van der Waals surface area contributed by atoms with E-state index in [1.807, 2.05) is 0 Å². The molecule has 0 N–H and O–H groups in total. The van der Waals surface area contributed by atoms with Crippen molar-refractivity contribution in [2.24, 2.45) is 0 Å². The normalized spacial score (nSPS) is 16.7. The lowest BCUT2D eigenvalue weighted by Gasteiger charge is -2.42. The molecule has 6 heteroatoms. The molecule has 178 valence electrons. The number of quaternary nitrogens is 1. The zero-order valence-electron chi connectivity index (χ0n) is 21.0. The van der Waals surface area contributed by atoms with Crippen molar-refractivity contribution in [3.63, 3.8) is 0 Å². The maximum Gasteiger partial charge on any atom is 0.182 e. The van der Waals surface area contributed by atoms with Crippen LogP contribution in [0.3, 0.4) is 0 Å². The molecule has 0 saturated carbocycles. The van der Waals surface area contributed by atoms with Crippen LogP contribution in [0.1, 0.15) is 44.4 Å². The number of pyridine rings is 1. The third-order valence-corrected chi connectivity index (χ3v) is 7.14. The van der Waals surface area contributed by atoms with Gasteiger partial charge in [0.2, 0.25) is 0 Å². The first-order chi connectivity index (χ1) is 16.0. The molecule has 1 saturated heterocycles. The van der Waals surface area contributed by atoms with E-state index in [0.29, 0.717) is 6.04 Å². The Kier molecular flexibility index (Phi) is 6.96. The van der Waals surface area contributed by atoms with Crippen molar-refractivity contribution in [3.8, 4) is 22.8 Å². The lowest BCUT2D eigenvalue weighted by atomic mass is 10.0. The molecule has 0 bridgehead atoms. The van der Waals surface area contributed by atoms with Gasteiger partial charge in [-0.25, -0.2) is 4.52 Å². The number of aromatic nitrogens is 2. The van der Waals surface area contributed by atoms with Gasteiger partial charge in [-0.3, -0.25) is 4.48 Å². The summed E-state index contributed by atoms with van der Waals surface area (Å²) in [6, 6.07) is 11.1. The quantitative estimate of drug-likeness (QED) is 0.429. The summed E-state index contributed by atoms with van der Waals surface area (Å²) >= 11 is 0. The Bertz CT molecular complexity index is 1090. The van der Waals surface area contributed by atoms with Gasteiger partial charge in [0.05, 0.1) is 58.3 Å². The van der Waals surface area contributed by atoms with Crippen LogP contribution in [0.4, 0.5) is 5.69 Å². The van der Waals surface area contributed by atoms with Crippen LogP contribution in [0, 0.1) is 6.92 Å². The summed E-state index contributed by atoms with van der Waals surface area (Å²) in [6.45, 7) is 9.30. The first-order valence-electron chi connectivity index (χ1n) is 12.2. The second-order valence-electron chi connectivity index (χ2n) is 9.24. The molecule has 6 nitrogen and oxygen atoms in total. The fourth-order valence-electron chi connectivity index (χ4n) is 5.58. The van der Waals surface area contributed by atoms with E-state index in [2.05, 4.69) is 62.7 Å². The van der Waals surface area contributed by atoms with Gasteiger partial charge in [0.15, 0.2) is 5.69 Å². The van der Waals surface area contributed by atoms with Crippen molar-refractivity contribution in [3.05, 3.63) is 41.6 Å². The first-order valence-corrected chi connectivity index (χ1v) is 12.2. The average molecular weight is 453 g/mol. The summed E-state index contributed by atoms with van der Waals surface area (Å²) in [5.41, 5.74) is 6.69. The molecule has 0 aliphatic carbocycles. The van der Waals surface area contributed by atoms with Crippen LogP contribution in [0.5, 0.6) is 11.5 Å². The Morgan fingerprint density at radius 2 is 1.76 bits per heavy atom. The molecule has 1 aliphatic rings. The molecule has 33 heavy (non-hydrogen) atoms. The topological polar surface area (TPSA) is 45.0 Å². The highest BCUT2D eigenvalue weighted by Crippen LogP contribution is 2.43. The summed E-state index contributed by atoms with van der Waals surface area (Å²) in [7, 11) is 5.82. The molecule has 1 unspecified atom stereocenters. The predicted molar refractivity (Wildman–Crippen MR) is 135 cm³/mol. The summed E-state index contributed by atoms with van der Waals surface area (Å²) in [5.74, 6) is 1.59. The monoisotopic (exact) mass is 452 g/mol. The molecule has 3 aromatic rings. The molecule has 3 heterocycles. The molecule has 4 rings (SSSR count). The van der Waals surface area contributed by atoms with Crippen molar-refractivity contribution in [2.45, 2.75) is 52.5 Å². The van der Waals surface area contributed by atoms with E-state index in [1.165, 1.54) is 5.69 Å². The van der Waals surface area contributed by atoms with Gasteiger partial charge in [0.25, 0.3) is 0 Å². The smallest absolute Gasteiger partial charge is 0.182 e. The summed E-state index contributed by atoms with van der Waals surface area (Å²) in [4.78, 5) is 0. The Balaban J connectivity index is 1.99. The minimum absolute atomic E-state index is 0.532. The van der Waals surface area contributed by atoms with Crippen molar-refractivity contribution in [1.29, 1.82) is 0 Å². The van der Waals surface area contributed by atoms with Gasteiger partial charge < -0.3 is 14.2 Å². The van der Waals surface area contributed by atoms with Gasteiger partial charge >= 0.3 is 0 Å². The largest absolute Gasteiger partial charge is 0.496 e. The number of hydrogen-bond acceptors (Lipinski definition) is 4. The van der Waals surface area contributed by atoms with Crippen LogP contribution >= 0.6 is 0 Å². The number of methoxy groups -OCH3 is 2. The van der Waals surface area contributed by atoms with E-state index in [4.69, 9.17) is 19.3 Å². The number of fused-ring (bicyclic) bond motifs is 1. The fraction of sp³-hybridized carbons (Fsp3) is 0.519. The molecule has 1 atom stereocenters. The predicted octanol–water partition coefficient (Wildman–Crippen LogP) is 5.42. The second-order valence-corrected chi connectivity index (χ2v) is 9.24. The highest BCUT2D eigenvalue weighted by Gasteiger charge is 2.40. The Labute approximate surface area is 197 Å². The van der Waals surface area contributed by atoms with Crippen LogP contribution in [0.2, 0.25) is 0 Å². The Morgan fingerprint density at radius 3 is 2.33 bits per heavy atom. The van der Waals surface area contributed by atoms with Crippen LogP contribution < -0.4 is 14.0 Å². The summed E-state index contributed by atoms with van der Waals surface area (Å²) in [6.07, 6.45) is 4.17. The fourth-order valence-corrected chi connectivity index (χ4v) is 5.58. The Morgan fingerprint density at radius 1 is 1.09 bits per heavy atom. The molecule has 1 aliphatic heterocycles. The Hall–Kier alpha value is -2.57. The molecule has 1 fully saturated rings. The molecule has 0 amide bonds. The number of rotatable bonds is 8. The van der Waals surface area contributed by atoms with Gasteiger partial charge in [-0.05, 0) is 49.6 Å². The van der Waals surface area contributed by atoms with E-state index < -0.39 is 0 Å². The number of benzene rings is 1. The van der Waals surface area contributed by atoms with Crippen LogP contribution in [-0.4, -0.2) is 56.7 Å². The molecule has 2 aromatic heterocycles. The standard InChI is InChI=1S/C27H38N3O3/c1-7-14-30(4,20-12-15-33-16-13-20)27-21(8-2)28-29-22(10-9-11-23(27)29)26-24(31-5)17-19(3)18-25(26)32-6/h9-11,17-18,20H,7-8,12-16H2,1-6H3/q+1. The second kappa shape index (κ2) is 9.74. The number of nitrogens with zero attached hydrogens (tertiary/aromatic N) is 3. The molecule has 0 spiro atoms. The minimum Gasteiger partial charge on any atom is -0.496 e. The van der Waals surface area contributed by atoms with Crippen molar-refractivity contribution < 1.29 is 14.2 Å². The van der Waals surface area contributed by atoms with E-state index in [-0.39, 0.29) is 0 Å². The zero-order valence-corrected chi connectivity index (χ0v) is 21.0. The summed E-state index contributed by atoms with van der Waals surface area (Å²) < 4.78 is 20.3. The average Bonchev–Trinajstić information content (AvgIpc) is 3.23. The van der Waals surface area contributed by atoms with Gasteiger partial charge in [0.1, 0.15) is 22.7 Å². The maximum absolute atomic E-state index is 5.80. The number of ether oxygens (including phenoxy) is 3. The molecular weight excluding hydrogens is 414 g/mol. The zero-order chi connectivity index (χ0) is 23.6. The van der Waals surface area contributed by atoms with E-state index >= 15 is 0 Å². The molecular formula is C27H38N3O3+. The summed E-state index contributed by atoms with van der Waals surface area (Å²) in [5, 5.41) is 5.18. The van der Waals surface area contributed by atoms with Crippen molar-refractivity contribution >= 4 is 11.2 Å². The van der Waals surface area contributed by atoms with E-state index in [9.17, 15) is 0 Å². The van der Waals surface area contributed by atoms with Gasteiger partial charge in [0, 0.05) is 12.8 Å². The first kappa shape index (κ1) is 23.6. The van der Waals surface area contributed by atoms with Crippen LogP contribution in [-0.2, 0) is 11.2 Å². The van der Waals surface area contributed by atoms with Gasteiger partial charge in [-0.15, -0.1) is 0 Å². The van der Waals surface area contributed by atoms with Crippen molar-refractivity contribution in [1.82, 2.24) is 14.1 Å². The van der Waals surface area contributed by atoms with E-state index in [0.717, 1.165) is 89.5 Å². The number of hydrogen-bond donors (Lipinski definition) is 0. The minimum atomic E-state index is 0.532. The van der Waals surface area contributed by atoms with Crippen molar-refractivity contribution in [2.75, 3.05) is 41.0 Å². The SMILES string of the molecule is CCC[N+](C)(c1c(CC)nn2c(-c3c(OC)cc(C)cc3OC)cccc12)C1CCOCC1. The maximum atomic E-state index is 5.80. The van der Waals surface area contributed by atoms with Crippen LogP contribution in [0.25, 0.3) is 16.8 Å².